The van der Waals surface area contributed by atoms with E-state index in [0.29, 0.717) is 22.3 Å². The van der Waals surface area contributed by atoms with Gasteiger partial charge < -0.3 is 5.73 Å². The monoisotopic (exact) mass is 543 g/mol. The van der Waals surface area contributed by atoms with Crippen molar-refractivity contribution in [3.63, 3.8) is 0 Å². The van der Waals surface area contributed by atoms with Crippen LogP contribution in [0.5, 0.6) is 0 Å². The maximum atomic E-state index is 11.9. The largest absolute Gasteiger partial charge is 0.396 e. The van der Waals surface area contributed by atoms with Gasteiger partial charge in [-0.25, -0.2) is 19.7 Å². The van der Waals surface area contributed by atoms with Crippen molar-refractivity contribution in [3.8, 4) is 21.1 Å². The van der Waals surface area contributed by atoms with E-state index in [1.165, 1.54) is 22.7 Å². The highest BCUT2D eigenvalue weighted by molar-refractivity contribution is 7.13. The van der Waals surface area contributed by atoms with Crippen molar-refractivity contribution >= 4 is 51.9 Å². The Hall–Kier alpha value is -5.24. The van der Waals surface area contributed by atoms with E-state index in [0.717, 1.165) is 16.1 Å². The number of aromatic nitrogens is 5. The molecular weight excluding hydrogens is 526 g/mol. The van der Waals surface area contributed by atoms with Crippen LogP contribution in [0.3, 0.4) is 0 Å². The SMILES string of the molecule is Nc1cccnc1NC(=O)Nc1csc(-c2ccncc2)n1.[N-]=[N+]=NC(=O)c1csc(-c2ccncc2)n1. The second-order valence-corrected chi connectivity index (χ2v) is 8.78. The number of pyridine rings is 3. The molecule has 0 fully saturated rings. The number of nitrogens with one attached hydrogen (secondary N) is 2. The second-order valence-electron chi connectivity index (χ2n) is 7.06. The van der Waals surface area contributed by atoms with Gasteiger partial charge in [0.2, 0.25) is 0 Å². The van der Waals surface area contributed by atoms with Crippen LogP contribution in [0.1, 0.15) is 10.5 Å². The Balaban J connectivity index is 0.000000186. The minimum absolute atomic E-state index is 0.162. The van der Waals surface area contributed by atoms with Crippen LogP contribution in [-0.2, 0) is 0 Å². The summed E-state index contributed by atoms with van der Waals surface area (Å²) in [5, 5.41) is 13.0. The van der Waals surface area contributed by atoms with Crippen LogP contribution in [0.4, 0.5) is 22.1 Å². The molecule has 0 aliphatic carbocycles. The molecule has 5 aromatic rings. The molecule has 188 valence electrons. The summed E-state index contributed by atoms with van der Waals surface area (Å²) in [4.78, 5) is 45.8. The quantitative estimate of drug-likeness (QED) is 0.147. The number of hydrogen-bond donors (Lipinski definition) is 3. The maximum absolute atomic E-state index is 11.9. The summed E-state index contributed by atoms with van der Waals surface area (Å²) >= 11 is 2.75. The zero-order valence-corrected chi connectivity index (χ0v) is 20.9. The highest BCUT2D eigenvalue weighted by atomic mass is 32.1. The van der Waals surface area contributed by atoms with Crippen molar-refractivity contribution in [1.29, 1.82) is 0 Å². The van der Waals surface area contributed by atoms with E-state index in [1.807, 2.05) is 12.1 Å². The van der Waals surface area contributed by atoms with E-state index >= 15 is 0 Å². The van der Waals surface area contributed by atoms with Gasteiger partial charge in [0.1, 0.15) is 21.5 Å². The number of hydrogen-bond acceptors (Lipinski definition) is 10. The zero-order chi connectivity index (χ0) is 26.7. The summed E-state index contributed by atoms with van der Waals surface area (Å²) in [6, 6.07) is 10.2. The van der Waals surface area contributed by atoms with E-state index in [2.05, 4.69) is 45.6 Å². The topological polar surface area (TPSA) is 197 Å². The molecule has 5 rings (SSSR count). The third kappa shape index (κ3) is 6.92. The van der Waals surface area contributed by atoms with E-state index < -0.39 is 11.9 Å². The Morgan fingerprint density at radius 1 is 0.868 bits per heavy atom. The van der Waals surface area contributed by atoms with E-state index in [1.54, 1.807) is 66.0 Å². The molecule has 0 saturated carbocycles. The van der Waals surface area contributed by atoms with Gasteiger partial charge in [0.25, 0.3) is 5.91 Å². The Morgan fingerprint density at radius 2 is 1.50 bits per heavy atom. The fraction of sp³-hybridized carbons (Fsp3) is 0. The Labute approximate surface area is 223 Å². The number of urea groups is 1. The predicted molar refractivity (Wildman–Crippen MR) is 145 cm³/mol. The molecule has 0 atom stereocenters. The number of carbonyl (C=O) groups is 2. The van der Waals surface area contributed by atoms with Crippen molar-refractivity contribution in [1.82, 2.24) is 24.9 Å². The summed E-state index contributed by atoms with van der Waals surface area (Å²) in [6.45, 7) is 0. The number of nitrogens with two attached hydrogens (primary N) is 1. The van der Waals surface area contributed by atoms with Gasteiger partial charge in [-0.1, -0.05) is 0 Å². The van der Waals surface area contributed by atoms with Gasteiger partial charge in [-0.2, -0.15) is 0 Å². The van der Waals surface area contributed by atoms with Crippen molar-refractivity contribution in [2.75, 3.05) is 16.4 Å². The van der Waals surface area contributed by atoms with Crippen molar-refractivity contribution in [3.05, 3.63) is 94.3 Å². The first-order chi connectivity index (χ1) is 18.5. The number of thiazole rings is 2. The predicted octanol–water partition coefficient (Wildman–Crippen LogP) is 5.48. The molecule has 0 spiro atoms. The van der Waals surface area contributed by atoms with Gasteiger partial charge in [0.05, 0.1) is 5.69 Å². The number of azide groups is 1. The third-order valence-electron chi connectivity index (χ3n) is 4.53. The molecule has 38 heavy (non-hydrogen) atoms. The highest BCUT2D eigenvalue weighted by Gasteiger charge is 2.11. The molecule has 3 amide bonds. The normalized spacial score (nSPS) is 9.89. The van der Waals surface area contributed by atoms with Crippen LogP contribution in [-0.4, -0.2) is 36.9 Å². The first kappa shape index (κ1) is 25.8. The van der Waals surface area contributed by atoms with Crippen molar-refractivity contribution in [2.45, 2.75) is 0 Å². The third-order valence-corrected chi connectivity index (χ3v) is 6.31. The second kappa shape index (κ2) is 12.6. The molecule has 13 nitrogen and oxygen atoms in total. The van der Waals surface area contributed by atoms with Crippen LogP contribution >= 0.6 is 22.7 Å². The Kier molecular flexibility index (Phi) is 8.60. The fourth-order valence-electron chi connectivity index (χ4n) is 2.83. The van der Waals surface area contributed by atoms with Crippen LogP contribution in [0.15, 0.2) is 83.3 Å². The van der Waals surface area contributed by atoms with Gasteiger partial charge in [-0.15, -0.1) is 22.7 Å². The summed E-state index contributed by atoms with van der Waals surface area (Å²) in [5.41, 5.74) is 16.2. The number of anilines is 3. The molecule has 0 saturated heterocycles. The number of nitrogens with zero attached hydrogens (tertiary/aromatic N) is 8. The molecule has 5 heterocycles. The van der Waals surface area contributed by atoms with Gasteiger partial charge in [0, 0.05) is 57.8 Å². The van der Waals surface area contributed by atoms with Gasteiger partial charge in [0.15, 0.2) is 5.82 Å². The smallest absolute Gasteiger partial charge is 0.326 e. The Bertz CT molecular complexity index is 1580. The molecule has 4 N–H and O–H groups in total. The van der Waals surface area contributed by atoms with Crippen LogP contribution < -0.4 is 16.4 Å². The number of carbonyl (C=O) groups excluding carboxylic acids is 2. The molecule has 0 bridgehead atoms. The zero-order valence-electron chi connectivity index (χ0n) is 19.3. The Morgan fingerprint density at radius 3 is 2.13 bits per heavy atom. The molecule has 15 heteroatoms. The lowest BCUT2D eigenvalue weighted by Gasteiger charge is -2.06. The van der Waals surface area contributed by atoms with Crippen LogP contribution in [0, 0.1) is 0 Å². The highest BCUT2D eigenvalue weighted by Crippen LogP contribution is 2.25. The van der Waals surface area contributed by atoms with E-state index in [4.69, 9.17) is 11.3 Å². The van der Waals surface area contributed by atoms with E-state index in [-0.39, 0.29) is 5.69 Å². The number of amides is 3. The first-order valence-electron chi connectivity index (χ1n) is 10.6. The van der Waals surface area contributed by atoms with Gasteiger partial charge in [-0.05, 0) is 47.0 Å². The first-order valence-corrected chi connectivity index (χ1v) is 12.4. The maximum Gasteiger partial charge on any atom is 0.326 e. The molecule has 0 radical (unpaired) electrons. The van der Waals surface area contributed by atoms with Crippen molar-refractivity contribution in [2.24, 2.45) is 5.11 Å². The average molecular weight is 544 g/mol. The summed E-state index contributed by atoms with van der Waals surface area (Å²) in [7, 11) is 0. The van der Waals surface area contributed by atoms with Gasteiger partial charge >= 0.3 is 6.03 Å². The molecule has 0 aliphatic rings. The lowest BCUT2D eigenvalue weighted by atomic mass is 10.3. The number of rotatable bonds is 5. The average Bonchev–Trinajstić information content (AvgIpc) is 3.62. The molecule has 5 aromatic heterocycles. The standard InChI is InChI=1S/C14H12N6OS.C9H5N5OS/c15-10-2-1-5-17-12(10)20-14(21)19-11-8-22-13(18-11)9-3-6-16-7-4-9;10-14-13-8(15)7-5-16-9(12-7)6-1-3-11-4-2-6/h1-8H,15H2,(H2,17,19,20,21);1-5H. The summed E-state index contributed by atoms with van der Waals surface area (Å²) in [6.07, 6.45) is 8.23. The minimum atomic E-state index is -0.668. The molecule has 0 aliphatic heterocycles. The number of nitrogen functional groups attached to an aromatic ring is 1. The molecule has 0 unspecified atom stereocenters. The fourth-order valence-corrected chi connectivity index (χ4v) is 4.38. The van der Waals surface area contributed by atoms with Crippen LogP contribution in [0.2, 0.25) is 0 Å². The lowest BCUT2D eigenvalue weighted by Crippen LogP contribution is -2.21. The molecule has 0 aromatic carbocycles. The van der Waals surface area contributed by atoms with Crippen molar-refractivity contribution < 1.29 is 9.59 Å². The van der Waals surface area contributed by atoms with Crippen LogP contribution in [0.25, 0.3) is 31.6 Å². The summed E-state index contributed by atoms with van der Waals surface area (Å²) in [5.74, 6) is 0.104. The van der Waals surface area contributed by atoms with E-state index in [9.17, 15) is 9.59 Å². The van der Waals surface area contributed by atoms with Gasteiger partial charge in [-0.3, -0.25) is 25.4 Å². The molecular formula is C23H17N11O2S2. The summed E-state index contributed by atoms with van der Waals surface area (Å²) < 4.78 is 0. The minimum Gasteiger partial charge on any atom is -0.396 e. The lowest BCUT2D eigenvalue weighted by molar-refractivity contribution is 0.0996.